The van der Waals surface area contributed by atoms with E-state index in [4.69, 9.17) is 9.47 Å². The highest BCUT2D eigenvalue weighted by molar-refractivity contribution is 5.84. The van der Waals surface area contributed by atoms with Crippen LogP contribution in [0.3, 0.4) is 0 Å². The number of fused-ring (bicyclic) bond motifs is 1. The fraction of sp³-hybridized carbons (Fsp3) is 0.667. The molecule has 0 aromatic carbocycles. The van der Waals surface area contributed by atoms with Crippen LogP contribution in [0.5, 0.6) is 0 Å². The largest absolute Gasteiger partial charge is 0.548 e. The zero-order valence-electron chi connectivity index (χ0n) is 9.68. The lowest BCUT2D eigenvalue weighted by Gasteiger charge is -2.38. The minimum atomic E-state index is -1.22. The van der Waals surface area contributed by atoms with Crippen LogP contribution in [-0.2, 0) is 19.1 Å². The van der Waals surface area contributed by atoms with Crippen molar-refractivity contribution in [1.29, 1.82) is 0 Å². The first-order valence-electron chi connectivity index (χ1n) is 5.76. The Bertz CT molecular complexity index is 360. The molecule has 1 fully saturated rings. The van der Waals surface area contributed by atoms with Crippen molar-refractivity contribution >= 4 is 11.9 Å². The van der Waals surface area contributed by atoms with Crippen LogP contribution < -0.4 is 5.11 Å². The molecule has 1 aliphatic carbocycles. The fourth-order valence-electron chi connectivity index (χ4n) is 2.56. The molecular weight excluding hydrogens is 224 g/mol. The zero-order valence-corrected chi connectivity index (χ0v) is 9.68. The van der Waals surface area contributed by atoms with Gasteiger partial charge >= 0.3 is 5.97 Å². The van der Waals surface area contributed by atoms with Crippen molar-refractivity contribution < 1.29 is 24.2 Å². The molecule has 0 amide bonds. The molecule has 1 saturated carbocycles. The average Bonchev–Trinajstić information content (AvgIpc) is 2.25. The summed E-state index contributed by atoms with van der Waals surface area (Å²) in [6.07, 6.45) is 3.41. The predicted octanol–water partition coefficient (Wildman–Crippen LogP) is -0.207. The molecule has 1 heterocycles. The van der Waals surface area contributed by atoms with Crippen LogP contribution in [0.15, 0.2) is 11.6 Å². The Hall–Kier alpha value is -1.36. The second-order valence-corrected chi connectivity index (χ2v) is 4.59. The smallest absolute Gasteiger partial charge is 0.330 e. The molecule has 0 aromatic rings. The number of ether oxygens (including phenoxy) is 2. The van der Waals surface area contributed by atoms with Crippen molar-refractivity contribution in [2.75, 3.05) is 6.61 Å². The van der Waals surface area contributed by atoms with Crippen LogP contribution in [0.1, 0.15) is 26.2 Å². The summed E-state index contributed by atoms with van der Waals surface area (Å²) in [5, 5.41) is 10.3. The van der Waals surface area contributed by atoms with Crippen LogP contribution in [0.2, 0.25) is 0 Å². The Morgan fingerprint density at radius 3 is 3.06 bits per heavy atom. The molecule has 3 unspecified atom stereocenters. The van der Waals surface area contributed by atoms with Gasteiger partial charge in [-0.2, -0.15) is 0 Å². The number of rotatable bonds is 3. The van der Waals surface area contributed by atoms with Gasteiger partial charge in [-0.1, -0.05) is 5.57 Å². The molecule has 0 aromatic heterocycles. The Morgan fingerprint density at radius 2 is 2.35 bits per heavy atom. The summed E-state index contributed by atoms with van der Waals surface area (Å²) in [4.78, 5) is 21.6. The van der Waals surface area contributed by atoms with E-state index in [9.17, 15) is 14.7 Å². The maximum atomic E-state index is 11.3. The topological polar surface area (TPSA) is 75.7 Å². The van der Waals surface area contributed by atoms with Crippen LogP contribution in [0.25, 0.3) is 0 Å². The van der Waals surface area contributed by atoms with Gasteiger partial charge in [-0.05, 0) is 19.8 Å². The van der Waals surface area contributed by atoms with E-state index >= 15 is 0 Å². The number of carbonyl (C=O) groups is 2. The Kier molecular flexibility index (Phi) is 3.47. The second-order valence-electron chi connectivity index (χ2n) is 4.59. The lowest BCUT2D eigenvalue weighted by atomic mass is 9.79. The first kappa shape index (κ1) is 12.1. The molecule has 3 atom stereocenters. The third-order valence-corrected chi connectivity index (χ3v) is 3.38. The summed E-state index contributed by atoms with van der Waals surface area (Å²) in [5.41, 5.74) is 1.05. The zero-order chi connectivity index (χ0) is 12.4. The molecule has 17 heavy (non-hydrogen) atoms. The molecule has 2 aliphatic rings. The van der Waals surface area contributed by atoms with Gasteiger partial charge in [0.05, 0.1) is 18.7 Å². The lowest BCUT2D eigenvalue weighted by molar-refractivity contribution is -0.311. The normalized spacial score (nSPS) is 32.4. The van der Waals surface area contributed by atoms with Gasteiger partial charge in [-0.15, -0.1) is 0 Å². The van der Waals surface area contributed by atoms with E-state index in [0.717, 1.165) is 18.4 Å². The van der Waals surface area contributed by atoms with Gasteiger partial charge in [0, 0.05) is 18.4 Å². The van der Waals surface area contributed by atoms with Crippen molar-refractivity contribution in [2.45, 2.75) is 38.4 Å². The van der Waals surface area contributed by atoms with Crippen molar-refractivity contribution in [1.82, 2.24) is 0 Å². The van der Waals surface area contributed by atoms with Crippen molar-refractivity contribution in [3.63, 3.8) is 0 Å². The van der Waals surface area contributed by atoms with Gasteiger partial charge in [-0.25, -0.2) is 4.79 Å². The monoisotopic (exact) mass is 239 g/mol. The summed E-state index contributed by atoms with van der Waals surface area (Å²) in [6.45, 7) is 1.53. The maximum absolute atomic E-state index is 11.3. The lowest BCUT2D eigenvalue weighted by Crippen LogP contribution is -2.41. The maximum Gasteiger partial charge on any atom is 0.330 e. The number of hydrogen-bond donors (Lipinski definition) is 0. The summed E-state index contributed by atoms with van der Waals surface area (Å²) in [5.74, 6) is -1.27. The first-order chi connectivity index (χ1) is 8.06. The van der Waals surface area contributed by atoms with Crippen LogP contribution in [0.4, 0.5) is 0 Å². The highest BCUT2D eigenvalue weighted by atomic mass is 16.5. The molecule has 0 spiro atoms. The summed E-state index contributed by atoms with van der Waals surface area (Å²) in [6, 6.07) is 0. The SMILES string of the molecule is CC1=CC(=O)OC2CC(OCC(=O)[O-])CCC12. The molecule has 1 aliphatic heterocycles. The minimum Gasteiger partial charge on any atom is -0.548 e. The fourth-order valence-corrected chi connectivity index (χ4v) is 2.56. The van der Waals surface area contributed by atoms with Crippen molar-refractivity contribution in [3.05, 3.63) is 11.6 Å². The third-order valence-electron chi connectivity index (χ3n) is 3.38. The highest BCUT2D eigenvalue weighted by Gasteiger charge is 2.36. The molecular formula is C12H15O5-. The van der Waals surface area contributed by atoms with E-state index in [0.29, 0.717) is 6.42 Å². The average molecular weight is 239 g/mol. The van der Waals surface area contributed by atoms with Gasteiger partial charge in [-0.3, -0.25) is 0 Å². The van der Waals surface area contributed by atoms with Gasteiger partial charge < -0.3 is 19.4 Å². The van der Waals surface area contributed by atoms with Crippen molar-refractivity contribution in [3.8, 4) is 0 Å². The molecule has 0 radical (unpaired) electrons. The third kappa shape index (κ3) is 2.85. The molecule has 0 saturated heterocycles. The number of aliphatic carboxylic acids is 1. The predicted molar refractivity (Wildman–Crippen MR) is 55.7 cm³/mol. The minimum absolute atomic E-state index is 0.159. The number of hydrogen-bond acceptors (Lipinski definition) is 5. The van der Waals surface area contributed by atoms with E-state index in [1.54, 1.807) is 0 Å². The molecule has 94 valence electrons. The molecule has 5 heteroatoms. The number of carboxylic acid groups (broad SMARTS) is 1. The van der Waals surface area contributed by atoms with E-state index in [1.165, 1.54) is 6.08 Å². The van der Waals surface area contributed by atoms with Gasteiger partial charge in [0.2, 0.25) is 0 Å². The summed E-state index contributed by atoms with van der Waals surface area (Å²) >= 11 is 0. The van der Waals surface area contributed by atoms with Gasteiger partial charge in [0.15, 0.2) is 0 Å². The summed E-state index contributed by atoms with van der Waals surface area (Å²) < 4.78 is 10.4. The molecule has 0 N–H and O–H groups in total. The van der Waals surface area contributed by atoms with Crippen LogP contribution in [0, 0.1) is 5.92 Å². The Balaban J connectivity index is 1.94. The Morgan fingerprint density at radius 1 is 1.59 bits per heavy atom. The second kappa shape index (κ2) is 4.87. The summed E-state index contributed by atoms with van der Waals surface area (Å²) in [7, 11) is 0. The van der Waals surface area contributed by atoms with E-state index in [2.05, 4.69) is 0 Å². The first-order valence-corrected chi connectivity index (χ1v) is 5.76. The van der Waals surface area contributed by atoms with E-state index < -0.39 is 12.6 Å². The quantitative estimate of drug-likeness (QED) is 0.637. The Labute approximate surface area is 99.4 Å². The van der Waals surface area contributed by atoms with Crippen LogP contribution >= 0.6 is 0 Å². The van der Waals surface area contributed by atoms with Crippen LogP contribution in [-0.4, -0.2) is 30.8 Å². The standard InChI is InChI=1S/C12H16O5/c1-7-4-12(15)17-10-5-8(2-3-9(7)10)16-6-11(13)14/h4,8-10H,2-3,5-6H2,1H3,(H,13,14)/p-1. The van der Waals surface area contributed by atoms with E-state index in [1.807, 2.05) is 6.92 Å². The van der Waals surface area contributed by atoms with Gasteiger partial charge in [0.25, 0.3) is 0 Å². The molecule has 2 rings (SSSR count). The molecule has 0 bridgehead atoms. The number of carboxylic acids is 1. The van der Waals surface area contributed by atoms with Gasteiger partial charge in [0.1, 0.15) is 6.10 Å². The van der Waals surface area contributed by atoms with E-state index in [-0.39, 0.29) is 24.1 Å². The number of esters is 1. The number of carbonyl (C=O) groups excluding carboxylic acids is 2. The molecule has 5 nitrogen and oxygen atoms in total. The van der Waals surface area contributed by atoms with Crippen molar-refractivity contribution in [2.24, 2.45) is 5.92 Å². The highest BCUT2D eigenvalue weighted by Crippen LogP contribution is 2.36.